The Bertz CT molecular complexity index is 1230. The lowest BCUT2D eigenvalue weighted by Gasteiger charge is -2.14. The lowest BCUT2D eigenvalue weighted by atomic mass is 10.2. The molecule has 9 nitrogen and oxygen atoms in total. The number of amides is 1. The van der Waals surface area contributed by atoms with Gasteiger partial charge in [-0.1, -0.05) is 0 Å². The maximum absolute atomic E-state index is 14.0. The summed E-state index contributed by atoms with van der Waals surface area (Å²) in [6.07, 6.45) is 2.70. The fraction of sp³-hybridized carbons (Fsp3) is 0.176. The molecule has 0 unspecified atom stereocenters. The molecule has 0 saturated carbocycles. The van der Waals surface area contributed by atoms with Gasteiger partial charge >= 0.3 is 5.69 Å². The number of nitriles is 1. The molecule has 0 saturated heterocycles. The van der Waals surface area contributed by atoms with E-state index >= 15 is 0 Å². The third kappa shape index (κ3) is 3.48. The monoisotopic (exact) mass is 386 g/mol. The average molecular weight is 386 g/mol. The van der Waals surface area contributed by atoms with E-state index in [0.717, 1.165) is 12.1 Å². The summed E-state index contributed by atoms with van der Waals surface area (Å²) in [5, 5.41) is 10.6. The van der Waals surface area contributed by atoms with Crippen LogP contribution < -0.4 is 16.6 Å². The Morgan fingerprint density at radius 1 is 1.32 bits per heavy atom. The Hall–Kier alpha value is -3.94. The second-order valence-corrected chi connectivity index (χ2v) is 5.85. The Balaban J connectivity index is 1.86. The molecule has 1 atom stereocenters. The Morgan fingerprint density at radius 2 is 2.00 bits per heavy atom. The fourth-order valence-electron chi connectivity index (χ4n) is 2.55. The van der Waals surface area contributed by atoms with Crippen molar-refractivity contribution in [1.29, 1.82) is 5.26 Å². The quantitative estimate of drug-likeness (QED) is 0.671. The Kier molecular flexibility index (Phi) is 4.95. The second kappa shape index (κ2) is 7.36. The Morgan fingerprint density at radius 3 is 2.64 bits per heavy atom. The topological polar surface area (TPSA) is 134 Å². The average Bonchev–Trinajstić information content (AvgIpc) is 2.68. The molecule has 0 fully saturated rings. The number of nitrogens with one attached hydrogen (secondary N) is 2. The van der Waals surface area contributed by atoms with Crippen LogP contribution in [0.1, 0.15) is 24.4 Å². The van der Waals surface area contributed by atoms with E-state index < -0.39 is 46.8 Å². The highest BCUT2D eigenvalue weighted by molar-refractivity contribution is 5.79. The highest BCUT2D eigenvalue weighted by Crippen LogP contribution is 2.14. The van der Waals surface area contributed by atoms with Gasteiger partial charge < -0.3 is 10.3 Å². The predicted octanol–water partition coefficient (Wildman–Crippen LogP) is 0.507. The van der Waals surface area contributed by atoms with Gasteiger partial charge in [0.05, 0.1) is 11.6 Å². The first-order valence-electron chi connectivity index (χ1n) is 7.94. The molecule has 1 amide bonds. The van der Waals surface area contributed by atoms with Crippen LogP contribution in [0.4, 0.5) is 8.78 Å². The summed E-state index contributed by atoms with van der Waals surface area (Å²) >= 11 is 0. The molecule has 3 rings (SSSR count). The molecule has 2 aromatic heterocycles. The summed E-state index contributed by atoms with van der Waals surface area (Å²) < 4.78 is 27.8. The van der Waals surface area contributed by atoms with E-state index in [-0.39, 0.29) is 11.3 Å². The largest absolute Gasteiger partial charge is 0.348 e. The van der Waals surface area contributed by atoms with Gasteiger partial charge in [-0.25, -0.2) is 23.5 Å². The number of carbonyl (C=O) groups excluding carboxylic acids is 1. The summed E-state index contributed by atoms with van der Waals surface area (Å²) in [5.41, 5.74) is -1.75. The highest BCUT2D eigenvalue weighted by atomic mass is 19.2. The molecule has 3 aromatic rings. The molecule has 0 radical (unpaired) electrons. The first-order valence-corrected chi connectivity index (χ1v) is 7.94. The van der Waals surface area contributed by atoms with E-state index in [0.29, 0.717) is 10.1 Å². The molecule has 0 aliphatic rings. The van der Waals surface area contributed by atoms with Crippen molar-refractivity contribution in [3.8, 4) is 6.07 Å². The van der Waals surface area contributed by atoms with Crippen molar-refractivity contribution in [3.05, 3.63) is 68.4 Å². The number of carbonyl (C=O) groups is 1. The molecule has 11 heteroatoms. The molecule has 0 bridgehead atoms. The highest BCUT2D eigenvalue weighted by Gasteiger charge is 2.18. The SMILES string of the molecule is C[C@@H](NC(=O)Cn1c(=O)[nH]c2ccc(F)c(F)c2c1=O)c1cnc(C#N)nc1. The van der Waals surface area contributed by atoms with Crippen LogP contribution in [0, 0.1) is 23.0 Å². The van der Waals surface area contributed by atoms with Crippen LogP contribution in [0.3, 0.4) is 0 Å². The minimum atomic E-state index is -1.41. The first kappa shape index (κ1) is 18.8. The number of fused-ring (bicyclic) bond motifs is 1. The van der Waals surface area contributed by atoms with E-state index in [1.54, 1.807) is 13.0 Å². The number of benzene rings is 1. The van der Waals surface area contributed by atoms with Crippen LogP contribution in [0.15, 0.2) is 34.1 Å². The van der Waals surface area contributed by atoms with Gasteiger partial charge in [0.25, 0.3) is 5.56 Å². The van der Waals surface area contributed by atoms with Gasteiger partial charge in [-0.15, -0.1) is 0 Å². The van der Waals surface area contributed by atoms with Crippen molar-refractivity contribution in [3.63, 3.8) is 0 Å². The van der Waals surface area contributed by atoms with Crippen molar-refractivity contribution in [2.45, 2.75) is 19.5 Å². The van der Waals surface area contributed by atoms with Crippen LogP contribution in [-0.4, -0.2) is 25.4 Å². The van der Waals surface area contributed by atoms with Crippen molar-refractivity contribution in [2.75, 3.05) is 0 Å². The van der Waals surface area contributed by atoms with Crippen molar-refractivity contribution < 1.29 is 13.6 Å². The van der Waals surface area contributed by atoms with Gasteiger partial charge in [-0.2, -0.15) is 5.26 Å². The standard InChI is InChI=1S/C17H12F2N6O3/c1-8(9-5-21-12(4-20)22-6-9)23-13(26)7-25-16(27)14-11(24-17(25)28)3-2-10(18)15(14)19/h2-3,5-6,8H,7H2,1H3,(H,23,26)(H,24,28)/t8-/m1/s1. The molecule has 28 heavy (non-hydrogen) atoms. The number of hydrogen-bond acceptors (Lipinski definition) is 6. The van der Waals surface area contributed by atoms with Gasteiger partial charge in [0.15, 0.2) is 11.6 Å². The van der Waals surface area contributed by atoms with Gasteiger partial charge in [0.1, 0.15) is 18.0 Å². The van der Waals surface area contributed by atoms with Crippen molar-refractivity contribution >= 4 is 16.8 Å². The van der Waals surface area contributed by atoms with E-state index in [1.807, 2.05) is 0 Å². The first-order chi connectivity index (χ1) is 13.3. The molecule has 2 heterocycles. The third-order valence-electron chi connectivity index (χ3n) is 3.99. The molecule has 1 aromatic carbocycles. The van der Waals surface area contributed by atoms with E-state index in [4.69, 9.17) is 5.26 Å². The van der Waals surface area contributed by atoms with Crippen LogP contribution in [0.25, 0.3) is 10.9 Å². The minimum absolute atomic E-state index is 0.0363. The van der Waals surface area contributed by atoms with Gasteiger partial charge in [-0.3, -0.25) is 14.2 Å². The normalized spacial score (nSPS) is 11.8. The molecule has 0 aliphatic carbocycles. The van der Waals surface area contributed by atoms with Crippen LogP contribution in [0.5, 0.6) is 0 Å². The summed E-state index contributed by atoms with van der Waals surface area (Å²) in [5.74, 6) is -3.41. The van der Waals surface area contributed by atoms with Crippen molar-refractivity contribution in [1.82, 2.24) is 24.8 Å². The van der Waals surface area contributed by atoms with E-state index in [2.05, 4.69) is 20.3 Å². The molecular weight excluding hydrogens is 374 g/mol. The number of halogens is 2. The molecule has 142 valence electrons. The number of rotatable bonds is 4. The molecule has 2 N–H and O–H groups in total. The zero-order chi connectivity index (χ0) is 20.4. The number of H-pyrrole nitrogens is 1. The zero-order valence-electron chi connectivity index (χ0n) is 14.4. The van der Waals surface area contributed by atoms with Crippen LogP contribution in [-0.2, 0) is 11.3 Å². The summed E-state index contributed by atoms with van der Waals surface area (Å²) in [7, 11) is 0. The maximum Gasteiger partial charge on any atom is 0.329 e. The van der Waals surface area contributed by atoms with Crippen LogP contribution >= 0.6 is 0 Å². The van der Waals surface area contributed by atoms with Crippen molar-refractivity contribution in [2.24, 2.45) is 0 Å². The van der Waals surface area contributed by atoms with Crippen LogP contribution in [0.2, 0.25) is 0 Å². The van der Waals surface area contributed by atoms with Gasteiger partial charge in [0, 0.05) is 18.0 Å². The third-order valence-corrected chi connectivity index (χ3v) is 3.99. The molecule has 0 spiro atoms. The predicted molar refractivity (Wildman–Crippen MR) is 92.0 cm³/mol. The number of nitrogens with zero attached hydrogens (tertiary/aromatic N) is 4. The number of aromatic nitrogens is 4. The molecular formula is C17H12F2N6O3. The van der Waals surface area contributed by atoms with Gasteiger partial charge in [-0.05, 0) is 19.1 Å². The number of hydrogen-bond donors (Lipinski definition) is 2. The summed E-state index contributed by atoms with van der Waals surface area (Å²) in [6.45, 7) is 0.895. The lowest BCUT2D eigenvalue weighted by molar-refractivity contribution is -0.122. The zero-order valence-corrected chi connectivity index (χ0v) is 14.4. The maximum atomic E-state index is 14.0. The second-order valence-electron chi connectivity index (χ2n) is 5.85. The Labute approximate surface area is 155 Å². The summed E-state index contributed by atoms with van der Waals surface area (Å²) in [4.78, 5) is 46.5. The fourth-order valence-corrected chi connectivity index (χ4v) is 2.55. The summed E-state index contributed by atoms with van der Waals surface area (Å²) in [6, 6.07) is 3.01. The molecule has 0 aliphatic heterocycles. The lowest BCUT2D eigenvalue weighted by Crippen LogP contribution is -2.41. The van der Waals surface area contributed by atoms with Gasteiger partial charge in [0.2, 0.25) is 11.7 Å². The number of aromatic amines is 1. The minimum Gasteiger partial charge on any atom is -0.348 e. The smallest absolute Gasteiger partial charge is 0.329 e. The van der Waals surface area contributed by atoms with E-state index in [1.165, 1.54) is 12.4 Å². The van der Waals surface area contributed by atoms with E-state index in [9.17, 15) is 23.2 Å².